The molecule has 1 saturated carbocycles. The van der Waals surface area contributed by atoms with Crippen LogP contribution in [-0.2, 0) is 11.3 Å². The molecule has 0 unspecified atom stereocenters. The molecule has 1 aliphatic carbocycles. The maximum atomic E-state index is 12.1. The Bertz CT molecular complexity index is 1090. The molecule has 4 N–H and O–H groups in total. The van der Waals surface area contributed by atoms with Crippen molar-refractivity contribution in [1.29, 1.82) is 0 Å². The number of carbonyl (C=O) groups excluding carboxylic acids is 2. The molecule has 1 aromatic heterocycles. The van der Waals surface area contributed by atoms with E-state index in [0.29, 0.717) is 30.6 Å². The number of anilines is 1. The van der Waals surface area contributed by atoms with Gasteiger partial charge in [0.1, 0.15) is 22.8 Å². The van der Waals surface area contributed by atoms with E-state index < -0.39 is 5.91 Å². The van der Waals surface area contributed by atoms with Crippen LogP contribution in [-0.4, -0.2) is 46.2 Å². The molecule has 2 aromatic rings. The number of primary amides is 1. The molecule has 4 rings (SSSR count). The van der Waals surface area contributed by atoms with E-state index in [1.165, 1.54) is 0 Å². The van der Waals surface area contributed by atoms with Crippen LogP contribution < -0.4 is 16.2 Å². The van der Waals surface area contributed by atoms with Crippen molar-refractivity contribution in [2.45, 2.75) is 39.7 Å². The van der Waals surface area contributed by atoms with E-state index in [-0.39, 0.29) is 16.9 Å². The first kappa shape index (κ1) is 21.8. The number of rotatable bonds is 6. The van der Waals surface area contributed by atoms with Crippen LogP contribution in [0.1, 0.15) is 43.5 Å². The Morgan fingerprint density at radius 1 is 1.28 bits per heavy atom. The second kappa shape index (κ2) is 8.58. The summed E-state index contributed by atoms with van der Waals surface area (Å²) in [5, 5.41) is 4.65. The first-order valence-electron chi connectivity index (χ1n) is 11.0. The SMILES string of the molecule is CC#CC(=O)N1CCC2(CC(Cn3nc(-c4ccc(OCC)cc4)c(C(N)=O)c3N)C2)C1. The van der Waals surface area contributed by atoms with Crippen molar-refractivity contribution in [2.75, 3.05) is 25.4 Å². The molecular formula is C24H29N5O3. The van der Waals surface area contributed by atoms with Crippen LogP contribution >= 0.6 is 0 Å². The van der Waals surface area contributed by atoms with Crippen LogP contribution in [0.4, 0.5) is 5.82 Å². The van der Waals surface area contributed by atoms with Gasteiger partial charge in [0.05, 0.1) is 6.61 Å². The van der Waals surface area contributed by atoms with Crippen molar-refractivity contribution in [2.24, 2.45) is 17.1 Å². The van der Waals surface area contributed by atoms with Gasteiger partial charge in [-0.05, 0) is 74.6 Å². The second-order valence-corrected chi connectivity index (χ2v) is 8.74. The minimum Gasteiger partial charge on any atom is -0.494 e. The summed E-state index contributed by atoms with van der Waals surface area (Å²) < 4.78 is 7.18. The molecule has 8 heteroatoms. The molecule has 2 aliphatic rings. The summed E-state index contributed by atoms with van der Waals surface area (Å²) in [6, 6.07) is 7.38. The monoisotopic (exact) mass is 435 g/mol. The van der Waals surface area contributed by atoms with Gasteiger partial charge in [-0.25, -0.2) is 4.68 Å². The lowest BCUT2D eigenvalue weighted by Gasteiger charge is -2.45. The smallest absolute Gasteiger partial charge is 0.298 e. The molecule has 1 spiro atoms. The van der Waals surface area contributed by atoms with E-state index >= 15 is 0 Å². The molecule has 1 aromatic carbocycles. The third kappa shape index (κ3) is 4.03. The van der Waals surface area contributed by atoms with E-state index in [2.05, 4.69) is 16.9 Å². The number of hydrogen-bond acceptors (Lipinski definition) is 5. The average Bonchev–Trinajstić information content (AvgIpc) is 3.31. The lowest BCUT2D eigenvalue weighted by molar-refractivity contribution is -0.125. The molecule has 2 heterocycles. The summed E-state index contributed by atoms with van der Waals surface area (Å²) in [5.74, 6) is 6.07. The minimum absolute atomic E-state index is 0.0877. The zero-order valence-electron chi connectivity index (χ0n) is 18.6. The van der Waals surface area contributed by atoms with Gasteiger partial charge in [0, 0.05) is 25.2 Å². The topological polar surface area (TPSA) is 116 Å². The predicted octanol–water partition coefficient (Wildman–Crippen LogP) is 2.28. The largest absolute Gasteiger partial charge is 0.494 e. The number of likely N-dealkylation sites (tertiary alicyclic amines) is 1. The van der Waals surface area contributed by atoms with Crippen molar-refractivity contribution < 1.29 is 14.3 Å². The fraction of sp³-hybridized carbons (Fsp3) is 0.458. The molecule has 32 heavy (non-hydrogen) atoms. The fourth-order valence-electron chi connectivity index (χ4n) is 5.10. The summed E-state index contributed by atoms with van der Waals surface area (Å²) in [5.41, 5.74) is 13.6. The zero-order valence-corrected chi connectivity index (χ0v) is 18.6. The third-order valence-corrected chi connectivity index (χ3v) is 6.51. The Labute approximate surface area is 187 Å². The highest BCUT2D eigenvalue weighted by Crippen LogP contribution is 2.52. The molecule has 0 bridgehead atoms. The van der Waals surface area contributed by atoms with Gasteiger partial charge in [0.15, 0.2) is 0 Å². The number of ether oxygens (including phenoxy) is 1. The van der Waals surface area contributed by atoms with Crippen molar-refractivity contribution in [1.82, 2.24) is 14.7 Å². The number of nitrogen functional groups attached to an aromatic ring is 1. The number of amides is 2. The van der Waals surface area contributed by atoms with E-state index in [1.54, 1.807) is 11.6 Å². The van der Waals surface area contributed by atoms with Crippen LogP contribution in [0.3, 0.4) is 0 Å². The Morgan fingerprint density at radius 3 is 2.62 bits per heavy atom. The van der Waals surface area contributed by atoms with Gasteiger partial charge in [0.25, 0.3) is 11.8 Å². The van der Waals surface area contributed by atoms with Crippen molar-refractivity contribution >= 4 is 17.6 Å². The van der Waals surface area contributed by atoms with Crippen molar-refractivity contribution in [3.63, 3.8) is 0 Å². The van der Waals surface area contributed by atoms with Gasteiger partial charge < -0.3 is 21.1 Å². The summed E-state index contributed by atoms with van der Waals surface area (Å²) in [7, 11) is 0. The lowest BCUT2D eigenvalue weighted by atomic mass is 9.61. The maximum Gasteiger partial charge on any atom is 0.298 e. The average molecular weight is 436 g/mol. The van der Waals surface area contributed by atoms with Gasteiger partial charge in [-0.3, -0.25) is 9.59 Å². The first-order chi connectivity index (χ1) is 15.4. The lowest BCUT2D eigenvalue weighted by Crippen LogP contribution is -2.42. The summed E-state index contributed by atoms with van der Waals surface area (Å²) in [6.45, 7) is 6.32. The van der Waals surface area contributed by atoms with Crippen LogP contribution in [0.2, 0.25) is 0 Å². The molecule has 1 aliphatic heterocycles. The number of nitrogens with two attached hydrogens (primary N) is 2. The van der Waals surface area contributed by atoms with Gasteiger partial charge in [0.2, 0.25) is 0 Å². The quantitative estimate of drug-likeness (QED) is 0.675. The molecule has 0 atom stereocenters. The molecule has 8 nitrogen and oxygen atoms in total. The molecule has 1 saturated heterocycles. The number of hydrogen-bond donors (Lipinski definition) is 2. The molecule has 2 amide bonds. The highest BCUT2D eigenvalue weighted by molar-refractivity contribution is 6.03. The second-order valence-electron chi connectivity index (χ2n) is 8.74. The normalized spacial score (nSPS) is 21.7. The van der Waals surface area contributed by atoms with Crippen molar-refractivity contribution in [3.8, 4) is 28.8 Å². The van der Waals surface area contributed by atoms with E-state index in [4.69, 9.17) is 16.2 Å². The zero-order chi connectivity index (χ0) is 22.9. The molecule has 2 fully saturated rings. The molecule has 168 valence electrons. The van der Waals surface area contributed by atoms with Crippen LogP contribution in [0, 0.1) is 23.2 Å². The Morgan fingerprint density at radius 2 is 2.00 bits per heavy atom. The Hall–Kier alpha value is -3.47. The first-order valence-corrected chi connectivity index (χ1v) is 11.0. The van der Waals surface area contributed by atoms with Gasteiger partial charge >= 0.3 is 0 Å². The van der Waals surface area contributed by atoms with E-state index in [1.807, 2.05) is 36.1 Å². The van der Waals surface area contributed by atoms with Crippen LogP contribution in [0.25, 0.3) is 11.3 Å². The Balaban J connectivity index is 1.47. The van der Waals surface area contributed by atoms with Gasteiger partial charge in [-0.1, -0.05) is 5.92 Å². The maximum absolute atomic E-state index is 12.1. The standard InChI is InChI=1S/C24H29N5O3/c1-3-5-19(30)28-11-10-24(15-28)12-16(13-24)14-29-22(25)20(23(26)31)21(27-29)17-6-8-18(9-7-17)32-4-2/h6-9,16H,4,10-15,25H2,1-2H3,(H2,26,31). The highest BCUT2D eigenvalue weighted by atomic mass is 16.5. The molecular weight excluding hydrogens is 406 g/mol. The molecule has 0 radical (unpaired) electrons. The number of carbonyl (C=O) groups is 2. The number of benzene rings is 1. The summed E-state index contributed by atoms with van der Waals surface area (Å²) in [4.78, 5) is 26.0. The highest BCUT2D eigenvalue weighted by Gasteiger charge is 2.49. The van der Waals surface area contributed by atoms with Gasteiger partial charge in [-0.15, -0.1) is 0 Å². The fourth-order valence-corrected chi connectivity index (χ4v) is 5.10. The minimum atomic E-state index is -0.593. The van der Waals surface area contributed by atoms with Gasteiger partial charge in [-0.2, -0.15) is 5.10 Å². The Kier molecular flexibility index (Phi) is 5.83. The van der Waals surface area contributed by atoms with Crippen LogP contribution in [0.5, 0.6) is 5.75 Å². The van der Waals surface area contributed by atoms with Crippen LogP contribution in [0.15, 0.2) is 24.3 Å². The summed E-state index contributed by atoms with van der Waals surface area (Å²) >= 11 is 0. The third-order valence-electron chi connectivity index (χ3n) is 6.51. The number of aromatic nitrogens is 2. The van der Waals surface area contributed by atoms with Crippen molar-refractivity contribution in [3.05, 3.63) is 29.8 Å². The van der Waals surface area contributed by atoms with E-state index in [0.717, 1.165) is 43.7 Å². The number of nitrogens with zero attached hydrogens (tertiary/aromatic N) is 3. The predicted molar refractivity (Wildman–Crippen MR) is 122 cm³/mol. The summed E-state index contributed by atoms with van der Waals surface area (Å²) in [6.07, 6.45) is 3.00. The van der Waals surface area contributed by atoms with E-state index in [9.17, 15) is 9.59 Å².